The highest BCUT2D eigenvalue weighted by Gasteiger charge is 2.27. The number of phosphoric ester groups is 1. The average Bonchev–Trinajstić information content (AvgIpc) is 3.35. The van der Waals surface area contributed by atoms with Crippen molar-refractivity contribution in [2.24, 2.45) is 0 Å². The Kier molecular flexibility index (Phi) is 51.4. The third-order valence-corrected chi connectivity index (χ3v) is 13.4. The standard InChI is InChI=1S/C64H111N2O6P/c1-6-8-10-12-14-16-18-19-20-21-22-23-24-25-26-27-28-29-30-31-32-33-34-35-36-37-38-39-40-41-42-43-44-45-46-47-48-50-52-54-56-58-64(68)65-62(61-72-73(69,70)71-60-59-66(3,4)5)63(67)57-55-53-51-49-17-15-13-11-9-7-2/h8,10,14,16-17,19-20,22-23,25-26,28-29,31-32,34-35,49,55,57,62-63,67H,6-7,9,11-13,15,18,21,24,27,30,33,36-48,50-54,56,58-61H2,1-5H3,(H-,65,68,69,70)/p+1/b10-8-,16-14-,20-19-,23-22-,26-25-,29-28-,32-31-,35-34-,49-17+,57-55+. The van der Waals surface area contributed by atoms with Crippen molar-refractivity contribution in [3.63, 3.8) is 0 Å². The van der Waals surface area contributed by atoms with Crippen LogP contribution in [0.4, 0.5) is 0 Å². The lowest BCUT2D eigenvalue weighted by Gasteiger charge is -2.25. The number of hydrogen-bond acceptors (Lipinski definition) is 5. The lowest BCUT2D eigenvalue weighted by Crippen LogP contribution is -2.45. The first kappa shape index (κ1) is 69.9. The first-order valence-electron chi connectivity index (χ1n) is 29.4. The van der Waals surface area contributed by atoms with Crippen LogP contribution in [0.1, 0.15) is 226 Å². The fourth-order valence-electron chi connectivity index (χ4n) is 7.84. The molecule has 0 saturated heterocycles. The first-order chi connectivity index (χ1) is 35.5. The number of rotatable bonds is 52. The van der Waals surface area contributed by atoms with Crippen molar-refractivity contribution in [3.05, 3.63) is 122 Å². The Hall–Kier alpha value is -3.10. The van der Waals surface area contributed by atoms with Crippen molar-refractivity contribution < 1.29 is 32.9 Å². The highest BCUT2D eigenvalue weighted by molar-refractivity contribution is 7.47. The topological polar surface area (TPSA) is 105 Å². The van der Waals surface area contributed by atoms with E-state index in [9.17, 15) is 19.4 Å². The fraction of sp³-hybridized carbons (Fsp3) is 0.672. The minimum atomic E-state index is -4.35. The summed E-state index contributed by atoms with van der Waals surface area (Å²) in [7, 11) is 1.54. The molecule has 418 valence electrons. The molecule has 9 heteroatoms. The Balaban J connectivity index is 3.95. The van der Waals surface area contributed by atoms with Gasteiger partial charge in [-0.25, -0.2) is 4.57 Å². The number of allylic oxidation sites excluding steroid dienone is 19. The maximum Gasteiger partial charge on any atom is 0.472 e. The van der Waals surface area contributed by atoms with Crippen LogP contribution in [-0.4, -0.2) is 73.4 Å². The van der Waals surface area contributed by atoms with Crippen LogP contribution in [0.5, 0.6) is 0 Å². The summed E-state index contributed by atoms with van der Waals surface area (Å²) in [6, 6.07) is -0.867. The highest BCUT2D eigenvalue weighted by atomic mass is 31.2. The van der Waals surface area contributed by atoms with Gasteiger partial charge >= 0.3 is 7.82 Å². The van der Waals surface area contributed by atoms with Gasteiger partial charge in [-0.1, -0.05) is 245 Å². The second-order valence-electron chi connectivity index (χ2n) is 20.6. The van der Waals surface area contributed by atoms with Crippen molar-refractivity contribution in [1.29, 1.82) is 0 Å². The first-order valence-corrected chi connectivity index (χ1v) is 30.9. The Bertz CT molecular complexity index is 1600. The molecule has 0 aromatic carbocycles. The number of quaternary nitrogens is 1. The van der Waals surface area contributed by atoms with Gasteiger partial charge in [-0.2, -0.15) is 0 Å². The van der Waals surface area contributed by atoms with E-state index in [-0.39, 0.29) is 19.1 Å². The van der Waals surface area contributed by atoms with Gasteiger partial charge in [0.15, 0.2) is 0 Å². The van der Waals surface area contributed by atoms with Gasteiger partial charge in [0.2, 0.25) is 5.91 Å². The SMILES string of the molecule is CC/C=C\C/C=C\C/C=C\C/C=C\C/C=C\C/C=C\C/C=C\C/C=C\CCCCCCCCCCCCCCCCCCC(=O)NC(COP(=O)(O)OCC[N+](C)(C)C)C(O)/C=C/CC/C=C/CCCCCC. The third-order valence-electron chi connectivity index (χ3n) is 12.4. The van der Waals surface area contributed by atoms with E-state index < -0.39 is 20.0 Å². The minimum absolute atomic E-state index is 0.0521. The molecule has 1 amide bonds. The second kappa shape index (κ2) is 53.7. The number of hydrogen-bond donors (Lipinski definition) is 3. The third kappa shape index (κ3) is 56.5. The zero-order valence-electron chi connectivity index (χ0n) is 47.6. The highest BCUT2D eigenvalue weighted by Crippen LogP contribution is 2.43. The van der Waals surface area contributed by atoms with Gasteiger partial charge in [-0.3, -0.25) is 13.8 Å². The van der Waals surface area contributed by atoms with Crippen LogP contribution < -0.4 is 5.32 Å². The van der Waals surface area contributed by atoms with Crippen LogP contribution in [0.3, 0.4) is 0 Å². The molecule has 0 fully saturated rings. The number of nitrogens with zero attached hydrogens (tertiary/aromatic N) is 1. The summed E-state index contributed by atoms with van der Waals surface area (Å²) in [5.41, 5.74) is 0. The number of aliphatic hydroxyl groups is 1. The number of carbonyl (C=O) groups excluding carboxylic acids is 1. The fourth-order valence-corrected chi connectivity index (χ4v) is 8.57. The monoisotopic (exact) mass is 1040 g/mol. The number of carbonyl (C=O) groups is 1. The van der Waals surface area contributed by atoms with E-state index in [0.717, 1.165) is 89.9 Å². The molecule has 73 heavy (non-hydrogen) atoms. The van der Waals surface area contributed by atoms with E-state index in [1.807, 2.05) is 27.2 Å². The zero-order valence-corrected chi connectivity index (χ0v) is 48.5. The molecular weight excluding hydrogens is 924 g/mol. The second-order valence-corrected chi connectivity index (χ2v) is 22.1. The Morgan fingerprint density at radius 3 is 1.26 bits per heavy atom. The molecular formula is C64H112N2O6P+. The molecule has 0 bridgehead atoms. The molecule has 0 aliphatic rings. The molecule has 3 unspecified atom stereocenters. The van der Waals surface area contributed by atoms with Crippen LogP contribution in [0.2, 0.25) is 0 Å². The van der Waals surface area contributed by atoms with Crippen molar-refractivity contribution in [1.82, 2.24) is 5.32 Å². The minimum Gasteiger partial charge on any atom is -0.387 e. The van der Waals surface area contributed by atoms with Gasteiger partial charge in [-0.05, 0) is 96.3 Å². The lowest BCUT2D eigenvalue weighted by atomic mass is 10.0. The van der Waals surface area contributed by atoms with Gasteiger partial charge in [0, 0.05) is 6.42 Å². The van der Waals surface area contributed by atoms with Crippen LogP contribution >= 0.6 is 7.82 Å². The quantitative estimate of drug-likeness (QED) is 0.0243. The molecule has 3 atom stereocenters. The normalized spacial score (nSPS) is 14.8. The van der Waals surface area contributed by atoms with Crippen LogP contribution in [0.15, 0.2) is 122 Å². The van der Waals surface area contributed by atoms with Crippen molar-refractivity contribution in [2.45, 2.75) is 238 Å². The van der Waals surface area contributed by atoms with E-state index in [2.05, 4.69) is 129 Å². The van der Waals surface area contributed by atoms with Crippen molar-refractivity contribution in [2.75, 3.05) is 40.9 Å². The van der Waals surface area contributed by atoms with E-state index in [1.165, 1.54) is 116 Å². The van der Waals surface area contributed by atoms with Gasteiger partial charge < -0.3 is 19.8 Å². The number of amides is 1. The van der Waals surface area contributed by atoms with Crippen LogP contribution in [0.25, 0.3) is 0 Å². The van der Waals surface area contributed by atoms with Gasteiger partial charge in [0.05, 0.1) is 39.9 Å². The molecule has 3 N–H and O–H groups in total. The maximum atomic E-state index is 12.9. The Morgan fingerprint density at radius 2 is 0.836 bits per heavy atom. The molecule has 0 spiro atoms. The summed E-state index contributed by atoms with van der Waals surface area (Å²) in [5, 5.41) is 13.8. The van der Waals surface area contributed by atoms with Crippen LogP contribution in [0, 0.1) is 0 Å². The number of phosphoric acid groups is 1. The predicted octanol–water partition coefficient (Wildman–Crippen LogP) is 18.1. The van der Waals surface area contributed by atoms with E-state index in [4.69, 9.17) is 9.05 Å². The molecule has 0 aromatic rings. The largest absolute Gasteiger partial charge is 0.472 e. The predicted molar refractivity (Wildman–Crippen MR) is 318 cm³/mol. The molecule has 0 aliphatic carbocycles. The smallest absolute Gasteiger partial charge is 0.387 e. The summed E-state index contributed by atoms with van der Waals surface area (Å²) >= 11 is 0. The molecule has 0 saturated carbocycles. The number of unbranched alkanes of at least 4 members (excludes halogenated alkanes) is 21. The molecule has 0 aromatic heterocycles. The van der Waals surface area contributed by atoms with Crippen molar-refractivity contribution in [3.8, 4) is 0 Å². The summed E-state index contributed by atoms with van der Waals surface area (Å²) in [6.07, 6.45) is 80.5. The van der Waals surface area contributed by atoms with Gasteiger partial charge in [-0.15, -0.1) is 0 Å². The van der Waals surface area contributed by atoms with Gasteiger partial charge in [0.25, 0.3) is 0 Å². The summed E-state index contributed by atoms with van der Waals surface area (Å²) in [5.74, 6) is -0.193. The van der Waals surface area contributed by atoms with Gasteiger partial charge in [0.1, 0.15) is 13.2 Å². The maximum absolute atomic E-state index is 12.9. The molecule has 8 nitrogen and oxygen atoms in total. The number of likely N-dealkylation sites (N-methyl/N-ethyl adjacent to an activating group) is 1. The van der Waals surface area contributed by atoms with E-state index >= 15 is 0 Å². The number of nitrogens with one attached hydrogen (secondary N) is 1. The molecule has 0 radical (unpaired) electrons. The van der Waals surface area contributed by atoms with E-state index in [1.54, 1.807) is 6.08 Å². The zero-order chi connectivity index (χ0) is 53.5. The molecule has 0 rings (SSSR count). The summed E-state index contributed by atoms with van der Waals surface area (Å²) in [6.45, 7) is 4.63. The summed E-state index contributed by atoms with van der Waals surface area (Å²) < 4.78 is 23.6. The number of aliphatic hydroxyl groups excluding tert-OH is 1. The Morgan fingerprint density at radius 1 is 0.479 bits per heavy atom. The molecule has 0 heterocycles. The Labute approximate surface area is 450 Å². The lowest BCUT2D eigenvalue weighted by molar-refractivity contribution is -0.870. The molecule has 0 aliphatic heterocycles. The van der Waals surface area contributed by atoms with Crippen LogP contribution in [-0.2, 0) is 18.4 Å². The summed E-state index contributed by atoms with van der Waals surface area (Å²) in [4.78, 5) is 23.2. The van der Waals surface area contributed by atoms with E-state index in [0.29, 0.717) is 17.4 Å². The average molecular weight is 1040 g/mol. The van der Waals surface area contributed by atoms with Crippen molar-refractivity contribution >= 4 is 13.7 Å².